The van der Waals surface area contributed by atoms with Gasteiger partial charge in [-0.25, -0.2) is 9.97 Å². The molecule has 1 fully saturated rings. The minimum absolute atomic E-state index is 0.0368. The highest BCUT2D eigenvalue weighted by Crippen LogP contribution is 2.41. The zero-order valence-electron chi connectivity index (χ0n) is 15.2. The fourth-order valence-electron chi connectivity index (χ4n) is 2.94. The first-order chi connectivity index (χ1) is 12.5. The van der Waals surface area contributed by atoms with E-state index in [0.717, 1.165) is 18.4 Å². The van der Waals surface area contributed by atoms with Gasteiger partial charge in [0.15, 0.2) is 0 Å². The second kappa shape index (κ2) is 7.88. The molecule has 1 unspecified atom stereocenters. The quantitative estimate of drug-likeness (QED) is 0.624. The number of nitrogens with zero attached hydrogens (tertiary/aromatic N) is 3. The number of benzene rings is 1. The van der Waals surface area contributed by atoms with E-state index in [2.05, 4.69) is 52.5 Å². The molecule has 1 amide bonds. The highest BCUT2D eigenvalue weighted by molar-refractivity contribution is 8.00. The number of carbonyl (C=O) groups excluding carboxylic acids is 1. The summed E-state index contributed by atoms with van der Waals surface area (Å²) in [6, 6.07) is 10.5. The monoisotopic (exact) mass is 366 g/mol. The van der Waals surface area contributed by atoms with Crippen molar-refractivity contribution in [3.63, 3.8) is 0 Å². The van der Waals surface area contributed by atoms with E-state index >= 15 is 0 Å². The number of nitriles is 1. The summed E-state index contributed by atoms with van der Waals surface area (Å²) in [5.41, 5.74) is 3.47. The number of rotatable bonds is 6. The molecule has 1 saturated carbocycles. The van der Waals surface area contributed by atoms with Crippen LogP contribution in [-0.2, 0) is 4.79 Å². The fourth-order valence-corrected chi connectivity index (χ4v) is 3.83. The van der Waals surface area contributed by atoms with Gasteiger partial charge < -0.3 is 5.32 Å². The largest absolute Gasteiger partial charge is 0.348 e. The predicted octanol–water partition coefficient (Wildman–Crippen LogP) is 3.63. The van der Waals surface area contributed by atoms with Gasteiger partial charge in [-0.05, 0) is 45.1 Å². The van der Waals surface area contributed by atoms with Crippen molar-refractivity contribution in [2.24, 2.45) is 5.92 Å². The minimum Gasteiger partial charge on any atom is -0.348 e. The third-order valence-corrected chi connectivity index (χ3v) is 5.44. The zero-order chi connectivity index (χ0) is 18.7. The molecule has 6 heteroatoms. The first kappa shape index (κ1) is 18.4. The molecule has 3 rings (SSSR count). The van der Waals surface area contributed by atoms with Gasteiger partial charge in [-0.1, -0.05) is 41.6 Å². The normalized spacial score (nSPS) is 14.5. The molecule has 1 aliphatic carbocycles. The van der Waals surface area contributed by atoms with Crippen LogP contribution in [0.3, 0.4) is 0 Å². The first-order valence-electron chi connectivity index (χ1n) is 8.72. The Hall–Kier alpha value is -2.39. The van der Waals surface area contributed by atoms with E-state index in [1.807, 2.05) is 0 Å². The summed E-state index contributed by atoms with van der Waals surface area (Å²) in [5.74, 6) is 1.33. The van der Waals surface area contributed by atoms with Gasteiger partial charge in [-0.15, -0.1) is 0 Å². The molecule has 134 valence electrons. The Kier molecular flexibility index (Phi) is 5.58. The van der Waals surface area contributed by atoms with Crippen LogP contribution >= 0.6 is 11.8 Å². The predicted molar refractivity (Wildman–Crippen MR) is 102 cm³/mol. The molecule has 1 N–H and O–H groups in total. The highest BCUT2D eigenvalue weighted by atomic mass is 32.2. The van der Waals surface area contributed by atoms with E-state index in [-0.39, 0.29) is 17.7 Å². The smallest absolute Gasteiger partial charge is 0.230 e. The summed E-state index contributed by atoms with van der Waals surface area (Å²) in [5, 5.41) is 13.0. The molecule has 5 nitrogen and oxygen atoms in total. The van der Waals surface area contributed by atoms with Crippen molar-refractivity contribution >= 4 is 17.7 Å². The molecular weight excluding hydrogens is 344 g/mol. The van der Waals surface area contributed by atoms with Gasteiger partial charge in [0.25, 0.3) is 0 Å². The van der Waals surface area contributed by atoms with Crippen molar-refractivity contribution < 1.29 is 4.79 Å². The van der Waals surface area contributed by atoms with Crippen LogP contribution in [0, 0.1) is 38.0 Å². The Balaban J connectivity index is 1.67. The number of thioether (sulfide) groups is 1. The Labute approximate surface area is 158 Å². The van der Waals surface area contributed by atoms with E-state index in [1.165, 1.54) is 17.3 Å². The summed E-state index contributed by atoms with van der Waals surface area (Å²) < 4.78 is 0. The maximum Gasteiger partial charge on any atom is 0.230 e. The topological polar surface area (TPSA) is 78.7 Å². The van der Waals surface area contributed by atoms with Gasteiger partial charge in [0, 0.05) is 0 Å². The Morgan fingerprint density at radius 1 is 1.27 bits per heavy atom. The molecule has 1 aromatic heterocycles. The standard InChI is InChI=1S/C20H22N4OS/c1-12-4-6-15(7-5-12)19(16-8-9-16)24-18(25)11-26-20-17(10-21)13(2)22-14(3)23-20/h4-7,16,19H,8-9,11H2,1-3H3,(H,24,25). The lowest BCUT2D eigenvalue weighted by Crippen LogP contribution is -2.31. The molecule has 0 spiro atoms. The number of amides is 1. The van der Waals surface area contributed by atoms with Crippen LogP contribution in [-0.4, -0.2) is 21.6 Å². The van der Waals surface area contributed by atoms with Crippen LogP contribution in [0.4, 0.5) is 0 Å². The van der Waals surface area contributed by atoms with Gasteiger partial charge >= 0.3 is 0 Å². The van der Waals surface area contributed by atoms with Crippen LogP contribution in [0.1, 0.15) is 47.1 Å². The number of nitrogens with one attached hydrogen (secondary N) is 1. The fraction of sp³-hybridized carbons (Fsp3) is 0.400. The second-order valence-corrected chi connectivity index (χ2v) is 7.69. The van der Waals surface area contributed by atoms with Crippen LogP contribution in [0.2, 0.25) is 0 Å². The highest BCUT2D eigenvalue weighted by Gasteiger charge is 2.33. The number of hydrogen-bond donors (Lipinski definition) is 1. The second-order valence-electron chi connectivity index (χ2n) is 6.73. The Morgan fingerprint density at radius 3 is 2.58 bits per heavy atom. The van der Waals surface area contributed by atoms with Crippen molar-refractivity contribution in [1.82, 2.24) is 15.3 Å². The third kappa shape index (κ3) is 4.41. The van der Waals surface area contributed by atoms with Gasteiger partial charge in [0.05, 0.1) is 17.5 Å². The van der Waals surface area contributed by atoms with Gasteiger partial charge in [-0.2, -0.15) is 5.26 Å². The third-order valence-electron chi connectivity index (χ3n) is 4.47. The molecule has 0 radical (unpaired) electrons. The van der Waals surface area contributed by atoms with E-state index < -0.39 is 0 Å². The van der Waals surface area contributed by atoms with Crippen molar-refractivity contribution in [3.8, 4) is 6.07 Å². The molecule has 0 saturated heterocycles. The molecule has 1 aliphatic rings. The van der Waals surface area contributed by atoms with Crippen molar-refractivity contribution in [3.05, 3.63) is 52.5 Å². The molecule has 1 aromatic carbocycles. The molecule has 26 heavy (non-hydrogen) atoms. The lowest BCUT2D eigenvalue weighted by molar-refractivity contribution is -0.119. The van der Waals surface area contributed by atoms with E-state index in [9.17, 15) is 10.1 Å². The zero-order valence-corrected chi connectivity index (χ0v) is 16.1. The molecule has 2 aromatic rings. The first-order valence-corrected chi connectivity index (χ1v) is 9.70. The lowest BCUT2D eigenvalue weighted by Gasteiger charge is -2.19. The van der Waals surface area contributed by atoms with Crippen LogP contribution < -0.4 is 5.32 Å². The van der Waals surface area contributed by atoms with Crippen molar-refractivity contribution in [2.75, 3.05) is 5.75 Å². The number of hydrogen-bond acceptors (Lipinski definition) is 5. The summed E-state index contributed by atoms with van der Waals surface area (Å²) in [6.45, 7) is 5.64. The minimum atomic E-state index is -0.0368. The number of carbonyl (C=O) groups is 1. The molecule has 1 heterocycles. The molecule has 1 atom stereocenters. The number of aromatic nitrogens is 2. The molecule has 0 bridgehead atoms. The van der Waals surface area contributed by atoms with Gasteiger partial charge in [0.1, 0.15) is 22.5 Å². The molecule has 0 aliphatic heterocycles. The Bertz CT molecular complexity index is 853. The van der Waals surface area contributed by atoms with E-state index in [1.54, 1.807) is 13.8 Å². The average molecular weight is 366 g/mol. The van der Waals surface area contributed by atoms with Gasteiger partial charge in [-0.3, -0.25) is 4.79 Å². The van der Waals surface area contributed by atoms with Crippen LogP contribution in [0.15, 0.2) is 29.3 Å². The molecular formula is C20H22N4OS. The van der Waals surface area contributed by atoms with E-state index in [4.69, 9.17) is 0 Å². The average Bonchev–Trinajstić information content (AvgIpc) is 3.43. The summed E-state index contributed by atoms with van der Waals surface area (Å²) in [4.78, 5) is 21.0. The van der Waals surface area contributed by atoms with Crippen LogP contribution in [0.25, 0.3) is 0 Å². The van der Waals surface area contributed by atoms with Crippen molar-refractivity contribution in [2.45, 2.75) is 44.7 Å². The maximum absolute atomic E-state index is 12.5. The summed E-state index contributed by atoms with van der Waals surface area (Å²) in [6.07, 6.45) is 2.30. The lowest BCUT2D eigenvalue weighted by atomic mass is 10.0. The van der Waals surface area contributed by atoms with Gasteiger partial charge in [0.2, 0.25) is 5.91 Å². The van der Waals surface area contributed by atoms with Crippen LogP contribution in [0.5, 0.6) is 0 Å². The maximum atomic E-state index is 12.5. The SMILES string of the molecule is Cc1ccc(C(NC(=O)CSc2nc(C)nc(C)c2C#N)C2CC2)cc1. The summed E-state index contributed by atoms with van der Waals surface area (Å²) >= 11 is 1.29. The number of aryl methyl sites for hydroxylation is 3. The Morgan fingerprint density at radius 2 is 1.96 bits per heavy atom. The van der Waals surface area contributed by atoms with E-state index in [0.29, 0.717) is 28.0 Å². The van der Waals surface area contributed by atoms with Crippen molar-refractivity contribution in [1.29, 1.82) is 5.26 Å². The summed E-state index contributed by atoms with van der Waals surface area (Å²) in [7, 11) is 0.